The molecule has 1 saturated heterocycles. The number of rotatable bonds is 6. The summed E-state index contributed by atoms with van der Waals surface area (Å²) in [5, 5.41) is 3.39. The molecule has 0 saturated carbocycles. The van der Waals surface area contributed by atoms with Crippen molar-refractivity contribution < 1.29 is 8.42 Å². The summed E-state index contributed by atoms with van der Waals surface area (Å²) in [4.78, 5) is 0. The Morgan fingerprint density at radius 1 is 1.47 bits per heavy atom. The third-order valence-corrected chi connectivity index (χ3v) is 4.87. The van der Waals surface area contributed by atoms with Crippen LogP contribution in [0.15, 0.2) is 0 Å². The third-order valence-electron chi connectivity index (χ3n) is 3.03. The van der Waals surface area contributed by atoms with Gasteiger partial charge in [-0.05, 0) is 37.8 Å². The second-order valence-corrected chi connectivity index (χ2v) is 7.05. The van der Waals surface area contributed by atoms with E-state index in [1.807, 2.05) is 0 Å². The van der Waals surface area contributed by atoms with Crippen LogP contribution in [0.1, 0.15) is 33.1 Å². The molecule has 0 radical (unpaired) electrons. The van der Waals surface area contributed by atoms with E-state index in [1.165, 1.54) is 12.8 Å². The summed E-state index contributed by atoms with van der Waals surface area (Å²) in [5.41, 5.74) is 0. The van der Waals surface area contributed by atoms with E-state index < -0.39 is 9.84 Å². The molecule has 1 N–H and O–H groups in total. The van der Waals surface area contributed by atoms with Gasteiger partial charge in [-0.1, -0.05) is 20.3 Å². The standard InChI is InChI=1S/C11H23NO2S/c1-3-4-10(2)7-12-8-11-5-6-15(13,14)9-11/h10-12H,3-9H2,1-2H3. The Balaban J connectivity index is 2.11. The Morgan fingerprint density at radius 3 is 2.73 bits per heavy atom. The first-order chi connectivity index (χ1) is 7.03. The molecule has 3 nitrogen and oxygen atoms in total. The van der Waals surface area contributed by atoms with E-state index in [1.54, 1.807) is 0 Å². The van der Waals surface area contributed by atoms with Crippen molar-refractivity contribution in [2.45, 2.75) is 33.1 Å². The van der Waals surface area contributed by atoms with Crippen LogP contribution in [0.25, 0.3) is 0 Å². The second-order valence-electron chi connectivity index (χ2n) is 4.82. The molecule has 0 amide bonds. The second kappa shape index (κ2) is 5.85. The van der Waals surface area contributed by atoms with Crippen LogP contribution in [-0.2, 0) is 9.84 Å². The van der Waals surface area contributed by atoms with Gasteiger partial charge in [0.1, 0.15) is 0 Å². The lowest BCUT2D eigenvalue weighted by atomic mass is 10.1. The molecule has 1 fully saturated rings. The van der Waals surface area contributed by atoms with Crippen molar-refractivity contribution in [3.8, 4) is 0 Å². The molecule has 0 bridgehead atoms. The first-order valence-electron chi connectivity index (χ1n) is 5.94. The topological polar surface area (TPSA) is 46.2 Å². The molecule has 15 heavy (non-hydrogen) atoms. The van der Waals surface area contributed by atoms with Crippen molar-refractivity contribution >= 4 is 9.84 Å². The highest BCUT2D eigenvalue weighted by Crippen LogP contribution is 2.17. The summed E-state index contributed by atoms with van der Waals surface area (Å²) >= 11 is 0. The van der Waals surface area contributed by atoms with Gasteiger partial charge in [0, 0.05) is 0 Å². The molecule has 2 unspecified atom stereocenters. The number of sulfone groups is 1. The first-order valence-corrected chi connectivity index (χ1v) is 7.76. The van der Waals surface area contributed by atoms with Gasteiger partial charge in [0.15, 0.2) is 9.84 Å². The molecular weight excluding hydrogens is 210 g/mol. The van der Waals surface area contributed by atoms with Crippen LogP contribution >= 0.6 is 0 Å². The molecule has 0 aromatic carbocycles. The highest BCUT2D eigenvalue weighted by molar-refractivity contribution is 7.91. The minimum atomic E-state index is -2.70. The lowest BCUT2D eigenvalue weighted by molar-refractivity contribution is 0.441. The molecule has 0 aliphatic carbocycles. The zero-order chi connectivity index (χ0) is 11.3. The van der Waals surface area contributed by atoms with E-state index >= 15 is 0 Å². The van der Waals surface area contributed by atoms with Crippen LogP contribution in [0.4, 0.5) is 0 Å². The highest BCUT2D eigenvalue weighted by Gasteiger charge is 2.27. The Bertz CT molecular complexity index is 274. The molecule has 1 aliphatic heterocycles. The predicted octanol–water partition coefficient (Wildman–Crippen LogP) is 1.45. The van der Waals surface area contributed by atoms with E-state index in [9.17, 15) is 8.42 Å². The van der Waals surface area contributed by atoms with Gasteiger partial charge in [-0.3, -0.25) is 0 Å². The fourth-order valence-electron chi connectivity index (χ4n) is 2.16. The summed E-state index contributed by atoms with van der Waals surface area (Å²) < 4.78 is 22.4. The van der Waals surface area contributed by atoms with Gasteiger partial charge in [-0.15, -0.1) is 0 Å². The summed E-state index contributed by atoms with van der Waals surface area (Å²) in [7, 11) is -2.70. The van der Waals surface area contributed by atoms with E-state index in [2.05, 4.69) is 19.2 Å². The number of hydrogen-bond donors (Lipinski definition) is 1. The van der Waals surface area contributed by atoms with Gasteiger partial charge in [0.2, 0.25) is 0 Å². The van der Waals surface area contributed by atoms with Crippen molar-refractivity contribution in [1.82, 2.24) is 5.32 Å². The summed E-state index contributed by atoms with van der Waals surface area (Å²) in [6.45, 7) is 6.32. The summed E-state index contributed by atoms with van der Waals surface area (Å²) in [5.74, 6) is 1.84. The van der Waals surface area contributed by atoms with E-state index in [0.717, 1.165) is 19.5 Å². The smallest absolute Gasteiger partial charge is 0.150 e. The monoisotopic (exact) mass is 233 g/mol. The van der Waals surface area contributed by atoms with Crippen molar-refractivity contribution in [2.75, 3.05) is 24.6 Å². The maximum absolute atomic E-state index is 11.2. The Morgan fingerprint density at radius 2 is 2.20 bits per heavy atom. The van der Waals surface area contributed by atoms with Crippen LogP contribution in [0, 0.1) is 11.8 Å². The molecule has 1 heterocycles. The predicted molar refractivity (Wildman–Crippen MR) is 63.7 cm³/mol. The number of nitrogens with one attached hydrogen (secondary N) is 1. The summed E-state index contributed by atoms with van der Waals surface area (Å²) in [6.07, 6.45) is 3.31. The lowest BCUT2D eigenvalue weighted by Crippen LogP contribution is -2.27. The molecule has 0 spiro atoms. The van der Waals surface area contributed by atoms with Crippen LogP contribution in [0.3, 0.4) is 0 Å². The van der Waals surface area contributed by atoms with Gasteiger partial charge in [0.25, 0.3) is 0 Å². The Kier molecular flexibility index (Phi) is 5.06. The maximum Gasteiger partial charge on any atom is 0.150 e. The third kappa shape index (κ3) is 4.98. The quantitative estimate of drug-likeness (QED) is 0.755. The first kappa shape index (κ1) is 13.0. The van der Waals surface area contributed by atoms with Gasteiger partial charge in [-0.25, -0.2) is 8.42 Å². The normalized spacial score (nSPS) is 26.7. The molecule has 2 atom stereocenters. The average Bonchev–Trinajstić information content (AvgIpc) is 2.46. The highest BCUT2D eigenvalue weighted by atomic mass is 32.2. The molecular formula is C11H23NO2S. The number of hydrogen-bond acceptors (Lipinski definition) is 3. The van der Waals surface area contributed by atoms with Gasteiger partial charge in [0.05, 0.1) is 11.5 Å². The van der Waals surface area contributed by atoms with Crippen molar-refractivity contribution in [3.05, 3.63) is 0 Å². The SMILES string of the molecule is CCCC(C)CNCC1CCS(=O)(=O)C1. The summed E-state index contributed by atoms with van der Waals surface area (Å²) in [6, 6.07) is 0. The minimum absolute atomic E-state index is 0.351. The van der Waals surface area contributed by atoms with Crippen molar-refractivity contribution in [1.29, 1.82) is 0 Å². The van der Waals surface area contributed by atoms with Crippen LogP contribution in [0.2, 0.25) is 0 Å². The lowest BCUT2D eigenvalue weighted by Gasteiger charge is -2.13. The van der Waals surface area contributed by atoms with Crippen molar-refractivity contribution in [2.24, 2.45) is 11.8 Å². The van der Waals surface area contributed by atoms with Crippen LogP contribution in [0.5, 0.6) is 0 Å². The van der Waals surface area contributed by atoms with Gasteiger partial charge in [-0.2, -0.15) is 0 Å². The molecule has 1 aliphatic rings. The molecule has 1 rings (SSSR count). The van der Waals surface area contributed by atoms with E-state index in [-0.39, 0.29) is 0 Å². The Labute approximate surface area is 93.6 Å². The molecule has 4 heteroatoms. The molecule has 90 valence electrons. The van der Waals surface area contributed by atoms with Crippen LogP contribution in [-0.4, -0.2) is 33.0 Å². The van der Waals surface area contributed by atoms with E-state index in [0.29, 0.717) is 23.3 Å². The molecule has 0 aromatic heterocycles. The fourth-order valence-corrected chi connectivity index (χ4v) is 4.02. The molecule has 0 aromatic rings. The van der Waals surface area contributed by atoms with Gasteiger partial charge < -0.3 is 5.32 Å². The fraction of sp³-hybridized carbons (Fsp3) is 1.00. The maximum atomic E-state index is 11.2. The zero-order valence-electron chi connectivity index (χ0n) is 9.83. The Hall–Kier alpha value is -0.0900. The van der Waals surface area contributed by atoms with Gasteiger partial charge >= 0.3 is 0 Å². The zero-order valence-corrected chi connectivity index (χ0v) is 10.6. The van der Waals surface area contributed by atoms with E-state index in [4.69, 9.17) is 0 Å². The minimum Gasteiger partial charge on any atom is -0.316 e. The van der Waals surface area contributed by atoms with Crippen LogP contribution < -0.4 is 5.32 Å². The van der Waals surface area contributed by atoms with Crippen molar-refractivity contribution in [3.63, 3.8) is 0 Å². The largest absolute Gasteiger partial charge is 0.316 e. The average molecular weight is 233 g/mol.